The van der Waals surface area contributed by atoms with Crippen molar-refractivity contribution < 1.29 is 4.79 Å². The average molecular weight is 397 g/mol. The molecule has 156 valence electrons. The van der Waals surface area contributed by atoms with Gasteiger partial charge in [-0.25, -0.2) is 9.67 Å². The Balaban J connectivity index is 1.69. The molecule has 0 spiro atoms. The predicted molar refractivity (Wildman–Crippen MR) is 116 cm³/mol. The maximum atomic E-state index is 12.8. The molecule has 0 saturated heterocycles. The van der Waals surface area contributed by atoms with Crippen molar-refractivity contribution in [1.82, 2.24) is 25.3 Å². The lowest BCUT2D eigenvalue weighted by Gasteiger charge is -2.31. The maximum Gasteiger partial charge on any atom is 0.230 e. The lowest BCUT2D eigenvalue weighted by Crippen LogP contribution is -2.49. The van der Waals surface area contributed by atoms with Gasteiger partial charge in [-0.15, -0.1) is 0 Å². The Morgan fingerprint density at radius 3 is 2.69 bits per heavy atom. The summed E-state index contributed by atoms with van der Waals surface area (Å²) in [6.45, 7) is 3.99. The SMILES string of the molecule is CCNC(=NCc1cccc(-n2cccn2)c1)NCC1(C(=O)N(C)C)CCCC1. The van der Waals surface area contributed by atoms with Gasteiger partial charge in [0.15, 0.2) is 5.96 Å². The number of benzene rings is 1. The number of aromatic nitrogens is 2. The van der Waals surface area contributed by atoms with Crippen LogP contribution in [0.5, 0.6) is 0 Å². The van der Waals surface area contributed by atoms with E-state index in [2.05, 4.69) is 27.9 Å². The second kappa shape index (κ2) is 9.58. The third-order valence-electron chi connectivity index (χ3n) is 5.46. The van der Waals surface area contributed by atoms with Crippen LogP contribution < -0.4 is 10.6 Å². The Morgan fingerprint density at radius 2 is 2.03 bits per heavy atom. The fourth-order valence-electron chi connectivity index (χ4n) is 3.98. The first-order valence-corrected chi connectivity index (χ1v) is 10.4. The van der Waals surface area contributed by atoms with Gasteiger partial charge in [0.2, 0.25) is 5.91 Å². The zero-order valence-electron chi connectivity index (χ0n) is 17.7. The number of nitrogens with one attached hydrogen (secondary N) is 2. The summed E-state index contributed by atoms with van der Waals surface area (Å²) in [5.41, 5.74) is 1.80. The largest absolute Gasteiger partial charge is 0.357 e. The van der Waals surface area contributed by atoms with Crippen LogP contribution in [-0.4, -0.2) is 53.7 Å². The molecule has 1 aromatic carbocycles. The van der Waals surface area contributed by atoms with Gasteiger partial charge in [-0.2, -0.15) is 5.10 Å². The minimum Gasteiger partial charge on any atom is -0.357 e. The standard InChI is InChI=1S/C22H32N6O/c1-4-23-21(25-17-22(11-5-6-12-22)20(29)27(2)3)24-16-18-9-7-10-19(15-18)28-14-8-13-26-28/h7-10,13-15H,4-6,11-12,16-17H2,1-3H3,(H2,23,24,25). The number of carbonyl (C=O) groups excluding carboxylic acids is 1. The van der Waals surface area contributed by atoms with E-state index < -0.39 is 0 Å². The number of guanidine groups is 1. The fraction of sp³-hybridized carbons (Fsp3) is 0.500. The number of nitrogens with zero attached hydrogens (tertiary/aromatic N) is 4. The average Bonchev–Trinajstić information content (AvgIpc) is 3.42. The molecule has 1 aromatic heterocycles. The van der Waals surface area contributed by atoms with E-state index in [1.54, 1.807) is 11.1 Å². The molecule has 3 rings (SSSR count). The van der Waals surface area contributed by atoms with Gasteiger partial charge in [-0.1, -0.05) is 25.0 Å². The van der Waals surface area contributed by atoms with Crippen LogP contribution in [0.25, 0.3) is 5.69 Å². The van der Waals surface area contributed by atoms with Crippen molar-refractivity contribution in [3.63, 3.8) is 0 Å². The Morgan fingerprint density at radius 1 is 1.24 bits per heavy atom. The number of rotatable bonds is 7. The smallest absolute Gasteiger partial charge is 0.230 e. The van der Waals surface area contributed by atoms with Gasteiger partial charge in [0.25, 0.3) is 0 Å². The lowest BCUT2D eigenvalue weighted by molar-refractivity contribution is -0.138. The van der Waals surface area contributed by atoms with E-state index in [0.717, 1.165) is 49.4 Å². The van der Waals surface area contributed by atoms with Crippen LogP contribution in [0.15, 0.2) is 47.7 Å². The van der Waals surface area contributed by atoms with Gasteiger partial charge in [0, 0.05) is 39.6 Å². The Kier molecular flexibility index (Phi) is 6.90. The minimum atomic E-state index is -0.320. The summed E-state index contributed by atoms with van der Waals surface area (Å²) in [6, 6.07) is 10.1. The van der Waals surface area contributed by atoms with Gasteiger partial charge >= 0.3 is 0 Å². The van der Waals surface area contributed by atoms with E-state index >= 15 is 0 Å². The Labute approximate surface area is 173 Å². The van der Waals surface area contributed by atoms with Crippen molar-refractivity contribution in [2.45, 2.75) is 39.2 Å². The number of carbonyl (C=O) groups is 1. The highest BCUT2D eigenvalue weighted by molar-refractivity contribution is 5.85. The zero-order valence-corrected chi connectivity index (χ0v) is 17.7. The van der Waals surface area contributed by atoms with Crippen molar-refractivity contribution in [3.8, 4) is 5.69 Å². The van der Waals surface area contributed by atoms with Crippen LogP contribution in [0.4, 0.5) is 0 Å². The summed E-state index contributed by atoms with van der Waals surface area (Å²) < 4.78 is 1.84. The molecular formula is C22H32N6O. The van der Waals surface area contributed by atoms with Gasteiger partial charge in [-0.3, -0.25) is 4.79 Å². The summed E-state index contributed by atoms with van der Waals surface area (Å²) in [5.74, 6) is 0.958. The first-order valence-electron chi connectivity index (χ1n) is 10.4. The molecule has 7 heteroatoms. The summed E-state index contributed by atoms with van der Waals surface area (Å²) in [7, 11) is 3.68. The maximum absolute atomic E-state index is 12.8. The van der Waals surface area contributed by atoms with E-state index in [9.17, 15) is 4.79 Å². The highest BCUT2D eigenvalue weighted by atomic mass is 16.2. The van der Waals surface area contributed by atoms with Gasteiger partial charge in [-0.05, 0) is 43.5 Å². The first-order chi connectivity index (χ1) is 14.0. The molecule has 2 aromatic rings. The van der Waals surface area contributed by atoms with Crippen LogP contribution in [0.2, 0.25) is 0 Å². The third-order valence-corrected chi connectivity index (χ3v) is 5.46. The second-order valence-electron chi connectivity index (χ2n) is 7.86. The van der Waals surface area contributed by atoms with Crippen molar-refractivity contribution in [2.75, 3.05) is 27.2 Å². The summed E-state index contributed by atoms with van der Waals surface area (Å²) >= 11 is 0. The normalized spacial score (nSPS) is 15.9. The Hall–Kier alpha value is -2.83. The van der Waals surface area contributed by atoms with Crippen LogP contribution in [0.1, 0.15) is 38.2 Å². The van der Waals surface area contributed by atoms with Crippen molar-refractivity contribution in [3.05, 3.63) is 48.3 Å². The molecule has 1 heterocycles. The van der Waals surface area contributed by atoms with Crippen LogP contribution >= 0.6 is 0 Å². The molecular weight excluding hydrogens is 364 g/mol. The molecule has 29 heavy (non-hydrogen) atoms. The zero-order chi connectivity index (χ0) is 20.7. The molecule has 0 bridgehead atoms. The van der Waals surface area contributed by atoms with Crippen LogP contribution in [0.3, 0.4) is 0 Å². The molecule has 1 amide bonds. The van der Waals surface area contributed by atoms with Gasteiger partial charge < -0.3 is 15.5 Å². The van der Waals surface area contributed by atoms with Crippen molar-refractivity contribution in [1.29, 1.82) is 0 Å². The molecule has 0 atom stereocenters. The van der Waals surface area contributed by atoms with E-state index in [1.165, 1.54) is 0 Å². The number of hydrogen-bond acceptors (Lipinski definition) is 3. The molecule has 2 N–H and O–H groups in total. The second-order valence-corrected chi connectivity index (χ2v) is 7.86. The molecule has 0 unspecified atom stereocenters. The number of hydrogen-bond donors (Lipinski definition) is 2. The summed E-state index contributed by atoms with van der Waals surface area (Å²) in [6.07, 6.45) is 7.78. The topological polar surface area (TPSA) is 74.5 Å². The highest BCUT2D eigenvalue weighted by Gasteiger charge is 2.42. The summed E-state index contributed by atoms with van der Waals surface area (Å²) in [4.78, 5) is 19.2. The Bertz CT molecular complexity index is 822. The van der Waals surface area contributed by atoms with E-state index in [1.807, 2.05) is 50.1 Å². The third kappa shape index (κ3) is 5.16. The van der Waals surface area contributed by atoms with Gasteiger partial charge in [0.1, 0.15) is 0 Å². The highest BCUT2D eigenvalue weighted by Crippen LogP contribution is 2.38. The number of aliphatic imine (C=N–C) groups is 1. The van der Waals surface area contributed by atoms with Crippen LogP contribution in [-0.2, 0) is 11.3 Å². The van der Waals surface area contributed by atoms with Crippen molar-refractivity contribution >= 4 is 11.9 Å². The number of amides is 1. The summed E-state index contributed by atoms with van der Waals surface area (Å²) in [5, 5.41) is 11.0. The minimum absolute atomic E-state index is 0.213. The molecule has 1 aliphatic rings. The molecule has 7 nitrogen and oxygen atoms in total. The first kappa shape index (κ1) is 20.9. The molecule has 0 radical (unpaired) electrons. The fourth-order valence-corrected chi connectivity index (χ4v) is 3.98. The molecule has 0 aliphatic heterocycles. The molecule has 1 fully saturated rings. The van der Waals surface area contributed by atoms with E-state index in [4.69, 9.17) is 4.99 Å². The van der Waals surface area contributed by atoms with Gasteiger partial charge in [0.05, 0.1) is 17.6 Å². The monoisotopic (exact) mass is 396 g/mol. The van der Waals surface area contributed by atoms with Crippen LogP contribution in [0, 0.1) is 5.41 Å². The van der Waals surface area contributed by atoms with Crippen molar-refractivity contribution in [2.24, 2.45) is 10.4 Å². The lowest BCUT2D eigenvalue weighted by atomic mass is 9.84. The van der Waals surface area contributed by atoms with E-state index in [0.29, 0.717) is 13.1 Å². The molecule has 1 aliphatic carbocycles. The molecule has 1 saturated carbocycles. The van der Waals surface area contributed by atoms with E-state index in [-0.39, 0.29) is 11.3 Å². The predicted octanol–water partition coefficient (Wildman–Crippen LogP) is 2.58. The quantitative estimate of drug-likeness (QED) is 0.557.